The Labute approximate surface area is 97.1 Å². The monoisotopic (exact) mass is 226 g/mol. The first-order chi connectivity index (χ1) is 7.54. The van der Waals surface area contributed by atoms with Gasteiger partial charge in [-0.3, -0.25) is 5.41 Å². The third kappa shape index (κ3) is 3.40. The number of carbonyl (C=O) groups excluding carboxylic acids is 1. The van der Waals surface area contributed by atoms with Crippen molar-refractivity contribution in [2.24, 2.45) is 11.7 Å². The van der Waals surface area contributed by atoms with Crippen molar-refractivity contribution >= 4 is 11.9 Å². The van der Waals surface area contributed by atoms with Crippen molar-refractivity contribution in [2.45, 2.75) is 26.7 Å². The van der Waals surface area contributed by atoms with Gasteiger partial charge in [0.15, 0.2) is 0 Å². The minimum atomic E-state index is 0.0178. The van der Waals surface area contributed by atoms with E-state index in [2.05, 4.69) is 6.92 Å². The van der Waals surface area contributed by atoms with Crippen LogP contribution in [0.3, 0.4) is 0 Å². The Bertz CT molecular complexity index is 267. The lowest BCUT2D eigenvalue weighted by molar-refractivity contribution is 0.138. The number of rotatable bonds is 3. The van der Waals surface area contributed by atoms with Crippen molar-refractivity contribution < 1.29 is 4.79 Å². The van der Waals surface area contributed by atoms with Crippen LogP contribution in [0.4, 0.5) is 4.79 Å². The highest BCUT2D eigenvalue weighted by atomic mass is 16.2. The molecular formula is C11H22N4O. The third-order valence-electron chi connectivity index (χ3n) is 2.94. The zero-order valence-electron chi connectivity index (χ0n) is 10.2. The molecule has 0 spiro atoms. The molecule has 1 aliphatic rings. The molecule has 16 heavy (non-hydrogen) atoms. The van der Waals surface area contributed by atoms with E-state index in [0.717, 1.165) is 19.5 Å². The van der Waals surface area contributed by atoms with E-state index in [4.69, 9.17) is 11.1 Å². The molecule has 2 amide bonds. The Morgan fingerprint density at radius 3 is 2.81 bits per heavy atom. The highest BCUT2D eigenvalue weighted by Gasteiger charge is 2.24. The van der Waals surface area contributed by atoms with Crippen molar-refractivity contribution in [2.75, 3.05) is 26.2 Å². The predicted molar refractivity (Wildman–Crippen MR) is 64.5 cm³/mol. The van der Waals surface area contributed by atoms with Crippen LogP contribution in [-0.2, 0) is 0 Å². The van der Waals surface area contributed by atoms with Crippen molar-refractivity contribution in [3.05, 3.63) is 0 Å². The Morgan fingerprint density at radius 2 is 2.31 bits per heavy atom. The third-order valence-corrected chi connectivity index (χ3v) is 2.94. The van der Waals surface area contributed by atoms with Crippen LogP contribution in [0.2, 0.25) is 0 Å². The van der Waals surface area contributed by atoms with Gasteiger partial charge in [-0.1, -0.05) is 6.92 Å². The highest BCUT2D eigenvalue weighted by molar-refractivity contribution is 5.84. The maximum Gasteiger partial charge on any atom is 0.320 e. The van der Waals surface area contributed by atoms with Gasteiger partial charge in [-0.2, -0.15) is 0 Å². The van der Waals surface area contributed by atoms with E-state index in [1.807, 2.05) is 11.8 Å². The lowest BCUT2D eigenvalue weighted by Crippen LogP contribution is -2.49. The number of hydrogen-bond acceptors (Lipinski definition) is 2. The molecular weight excluding hydrogens is 204 g/mol. The quantitative estimate of drug-likeness (QED) is 0.558. The number of amides is 2. The minimum absolute atomic E-state index is 0.0178. The number of nitrogens with one attached hydrogen (secondary N) is 1. The zero-order chi connectivity index (χ0) is 12.1. The molecule has 0 aromatic heterocycles. The summed E-state index contributed by atoms with van der Waals surface area (Å²) >= 11 is 0. The van der Waals surface area contributed by atoms with Gasteiger partial charge in [0.1, 0.15) is 5.84 Å². The number of urea groups is 1. The fourth-order valence-electron chi connectivity index (χ4n) is 2.08. The number of nitrogens with zero attached hydrogens (tertiary/aromatic N) is 2. The molecule has 1 saturated heterocycles. The molecule has 0 aromatic carbocycles. The summed E-state index contributed by atoms with van der Waals surface area (Å²) in [7, 11) is 0. The number of likely N-dealkylation sites (N-methyl/N-ethyl adjacent to an activating group) is 1. The van der Waals surface area contributed by atoms with E-state index in [1.54, 1.807) is 4.90 Å². The second kappa shape index (κ2) is 5.72. The molecule has 3 N–H and O–H groups in total. The molecule has 0 saturated carbocycles. The van der Waals surface area contributed by atoms with E-state index >= 15 is 0 Å². The van der Waals surface area contributed by atoms with Crippen LogP contribution in [0.1, 0.15) is 26.7 Å². The van der Waals surface area contributed by atoms with Gasteiger partial charge in [0.25, 0.3) is 0 Å². The first-order valence-corrected chi connectivity index (χ1v) is 5.91. The van der Waals surface area contributed by atoms with E-state index in [-0.39, 0.29) is 18.4 Å². The average Bonchev–Trinajstić information content (AvgIpc) is 2.24. The largest absolute Gasteiger partial charge is 0.386 e. The lowest BCUT2D eigenvalue weighted by Gasteiger charge is -2.34. The van der Waals surface area contributed by atoms with E-state index in [1.165, 1.54) is 6.42 Å². The topological polar surface area (TPSA) is 73.4 Å². The lowest BCUT2D eigenvalue weighted by atomic mass is 10.0. The first-order valence-electron chi connectivity index (χ1n) is 5.91. The molecule has 1 heterocycles. The summed E-state index contributed by atoms with van der Waals surface area (Å²) in [6, 6.07) is 0.0178. The highest BCUT2D eigenvalue weighted by Crippen LogP contribution is 2.16. The molecule has 0 aromatic rings. The number of piperidine rings is 1. The number of likely N-dealkylation sites (tertiary alicyclic amines) is 1. The van der Waals surface area contributed by atoms with Crippen molar-refractivity contribution in [1.82, 2.24) is 9.80 Å². The summed E-state index contributed by atoms with van der Waals surface area (Å²) in [5.74, 6) is 0.619. The van der Waals surface area contributed by atoms with Crippen LogP contribution >= 0.6 is 0 Å². The van der Waals surface area contributed by atoms with Gasteiger partial charge in [0.05, 0.1) is 6.54 Å². The Morgan fingerprint density at radius 1 is 1.62 bits per heavy atom. The summed E-state index contributed by atoms with van der Waals surface area (Å²) in [6.45, 7) is 6.57. The van der Waals surface area contributed by atoms with Crippen LogP contribution in [0.25, 0.3) is 0 Å². The molecule has 5 nitrogen and oxygen atoms in total. The smallest absolute Gasteiger partial charge is 0.320 e. The molecule has 92 valence electrons. The first kappa shape index (κ1) is 12.8. The Kier molecular flexibility index (Phi) is 4.58. The molecule has 0 radical (unpaired) electrons. The van der Waals surface area contributed by atoms with Crippen molar-refractivity contribution in [3.8, 4) is 0 Å². The molecule has 1 unspecified atom stereocenters. The maximum atomic E-state index is 12.1. The number of hydrogen-bond donors (Lipinski definition) is 2. The van der Waals surface area contributed by atoms with Crippen LogP contribution in [0.15, 0.2) is 0 Å². The molecule has 1 atom stereocenters. The zero-order valence-corrected chi connectivity index (χ0v) is 10.2. The van der Waals surface area contributed by atoms with Crippen LogP contribution in [0, 0.1) is 11.3 Å². The predicted octanol–water partition coefficient (Wildman–Crippen LogP) is 1.10. The number of amidine groups is 1. The Balaban J connectivity index is 2.56. The normalized spacial score (nSPS) is 20.6. The standard InChI is InChI=1S/C11H22N4O/c1-3-14(8-10(12)13)11(16)15-6-4-5-9(2)7-15/h9H,3-8H2,1-2H3,(H3,12,13). The fourth-order valence-corrected chi connectivity index (χ4v) is 2.08. The van der Waals surface area contributed by atoms with Gasteiger partial charge >= 0.3 is 6.03 Å². The van der Waals surface area contributed by atoms with Crippen LogP contribution in [0.5, 0.6) is 0 Å². The van der Waals surface area contributed by atoms with Gasteiger partial charge < -0.3 is 15.5 Å². The number of carbonyl (C=O) groups is 1. The van der Waals surface area contributed by atoms with Gasteiger partial charge in [-0.15, -0.1) is 0 Å². The molecule has 5 heteroatoms. The van der Waals surface area contributed by atoms with Gasteiger partial charge in [0, 0.05) is 19.6 Å². The molecule has 0 aliphatic carbocycles. The van der Waals surface area contributed by atoms with Gasteiger partial charge in [-0.25, -0.2) is 4.79 Å². The summed E-state index contributed by atoms with van der Waals surface area (Å²) in [4.78, 5) is 15.6. The van der Waals surface area contributed by atoms with Crippen molar-refractivity contribution in [3.63, 3.8) is 0 Å². The van der Waals surface area contributed by atoms with Crippen molar-refractivity contribution in [1.29, 1.82) is 5.41 Å². The summed E-state index contributed by atoms with van der Waals surface area (Å²) in [6.07, 6.45) is 2.27. The van der Waals surface area contributed by atoms with Gasteiger partial charge in [-0.05, 0) is 25.7 Å². The van der Waals surface area contributed by atoms with E-state index in [0.29, 0.717) is 12.5 Å². The summed E-state index contributed by atoms with van der Waals surface area (Å²) in [5.41, 5.74) is 5.33. The second-order valence-corrected chi connectivity index (χ2v) is 4.52. The second-order valence-electron chi connectivity index (χ2n) is 4.52. The van der Waals surface area contributed by atoms with Crippen LogP contribution < -0.4 is 5.73 Å². The molecule has 1 rings (SSSR count). The Hall–Kier alpha value is -1.26. The van der Waals surface area contributed by atoms with E-state index < -0.39 is 0 Å². The fraction of sp³-hybridized carbons (Fsp3) is 0.818. The van der Waals surface area contributed by atoms with Gasteiger partial charge in [0.2, 0.25) is 0 Å². The number of nitrogens with two attached hydrogens (primary N) is 1. The SMILES string of the molecule is CCN(CC(=N)N)C(=O)N1CCCC(C)C1. The summed E-state index contributed by atoms with van der Waals surface area (Å²) < 4.78 is 0. The molecule has 0 bridgehead atoms. The summed E-state index contributed by atoms with van der Waals surface area (Å²) in [5, 5.41) is 7.24. The van der Waals surface area contributed by atoms with Crippen LogP contribution in [-0.4, -0.2) is 47.8 Å². The average molecular weight is 226 g/mol. The minimum Gasteiger partial charge on any atom is -0.386 e. The molecule has 1 aliphatic heterocycles. The van der Waals surface area contributed by atoms with E-state index in [9.17, 15) is 4.79 Å². The maximum absolute atomic E-state index is 12.1. The molecule has 1 fully saturated rings.